The van der Waals surface area contributed by atoms with Crippen molar-refractivity contribution in [1.29, 1.82) is 0 Å². The van der Waals surface area contributed by atoms with E-state index in [0.29, 0.717) is 18.3 Å². The molecular weight excluding hydrogens is 257 g/mol. The van der Waals surface area contributed by atoms with E-state index >= 15 is 0 Å². The third-order valence-electron chi connectivity index (χ3n) is 4.06. The van der Waals surface area contributed by atoms with Crippen molar-refractivity contribution in [3.8, 4) is 0 Å². The molecule has 0 heterocycles. The minimum atomic E-state index is -4.25. The fourth-order valence-electron chi connectivity index (χ4n) is 3.09. The number of ether oxygens (including phenoxy) is 1. The fourth-order valence-corrected chi connectivity index (χ4v) is 3.09. The van der Waals surface area contributed by atoms with Crippen LogP contribution in [0.4, 0.5) is 13.2 Å². The van der Waals surface area contributed by atoms with Gasteiger partial charge in [0.1, 0.15) is 6.61 Å². The molecule has 0 spiro atoms. The molecular formula is C13H25F3N2O. The van der Waals surface area contributed by atoms with Crippen LogP contribution in [-0.4, -0.2) is 25.4 Å². The molecule has 3 unspecified atom stereocenters. The monoisotopic (exact) mass is 282 g/mol. The molecule has 3 atom stereocenters. The van der Waals surface area contributed by atoms with Crippen molar-refractivity contribution < 1.29 is 17.9 Å². The zero-order chi connectivity index (χ0) is 14.3. The van der Waals surface area contributed by atoms with Gasteiger partial charge in [0.05, 0.1) is 0 Å². The summed E-state index contributed by atoms with van der Waals surface area (Å²) in [5.74, 6) is 6.64. The van der Waals surface area contributed by atoms with E-state index in [-0.39, 0.29) is 12.6 Å². The van der Waals surface area contributed by atoms with E-state index in [1.807, 2.05) is 0 Å². The molecule has 0 radical (unpaired) electrons. The number of alkyl halides is 3. The second kappa shape index (κ2) is 8.07. The highest BCUT2D eigenvalue weighted by molar-refractivity contribution is 4.83. The largest absolute Gasteiger partial charge is 0.411 e. The second-order valence-electron chi connectivity index (χ2n) is 5.35. The van der Waals surface area contributed by atoms with Crippen LogP contribution in [0, 0.1) is 11.8 Å². The predicted molar refractivity (Wildman–Crippen MR) is 68.3 cm³/mol. The van der Waals surface area contributed by atoms with Gasteiger partial charge in [-0.1, -0.05) is 32.6 Å². The van der Waals surface area contributed by atoms with Gasteiger partial charge in [-0.25, -0.2) is 0 Å². The topological polar surface area (TPSA) is 47.3 Å². The first-order valence-electron chi connectivity index (χ1n) is 7.08. The lowest BCUT2D eigenvalue weighted by atomic mass is 9.73. The molecule has 1 aliphatic rings. The van der Waals surface area contributed by atoms with Gasteiger partial charge in [-0.2, -0.15) is 13.2 Å². The van der Waals surface area contributed by atoms with Gasteiger partial charge in [0.2, 0.25) is 0 Å². The van der Waals surface area contributed by atoms with Gasteiger partial charge in [-0.3, -0.25) is 11.3 Å². The third-order valence-corrected chi connectivity index (χ3v) is 4.06. The van der Waals surface area contributed by atoms with Crippen molar-refractivity contribution >= 4 is 0 Å². The van der Waals surface area contributed by atoms with E-state index < -0.39 is 12.8 Å². The Morgan fingerprint density at radius 3 is 2.58 bits per heavy atom. The normalized spacial score (nSPS) is 26.4. The molecule has 1 rings (SSSR count). The van der Waals surface area contributed by atoms with Crippen molar-refractivity contribution in [2.75, 3.05) is 13.2 Å². The summed E-state index contributed by atoms with van der Waals surface area (Å²) in [5, 5.41) is 0. The minimum Gasteiger partial charge on any atom is -0.372 e. The van der Waals surface area contributed by atoms with Crippen LogP contribution < -0.4 is 11.3 Å². The molecule has 3 N–H and O–H groups in total. The van der Waals surface area contributed by atoms with Crippen LogP contribution in [0.25, 0.3) is 0 Å². The maximum absolute atomic E-state index is 12.0. The summed E-state index contributed by atoms with van der Waals surface area (Å²) < 4.78 is 40.6. The van der Waals surface area contributed by atoms with Crippen molar-refractivity contribution in [2.45, 2.75) is 57.7 Å². The highest BCUT2D eigenvalue weighted by atomic mass is 19.4. The van der Waals surface area contributed by atoms with Gasteiger partial charge < -0.3 is 4.74 Å². The summed E-state index contributed by atoms with van der Waals surface area (Å²) in [6.45, 7) is 1.09. The van der Waals surface area contributed by atoms with E-state index in [9.17, 15) is 13.2 Å². The third kappa shape index (κ3) is 6.10. The summed E-state index contributed by atoms with van der Waals surface area (Å²) in [6, 6.07) is 0.0542. The predicted octanol–water partition coefficient (Wildman–Crippen LogP) is 3.00. The van der Waals surface area contributed by atoms with Crippen LogP contribution in [0.5, 0.6) is 0 Å². The molecule has 0 bridgehead atoms. The lowest BCUT2D eigenvalue weighted by Crippen LogP contribution is -2.45. The second-order valence-corrected chi connectivity index (χ2v) is 5.35. The molecule has 0 aromatic carbocycles. The molecule has 1 saturated carbocycles. The molecule has 1 fully saturated rings. The molecule has 114 valence electrons. The first-order chi connectivity index (χ1) is 8.98. The number of rotatable bonds is 7. The first-order valence-corrected chi connectivity index (χ1v) is 7.08. The quantitative estimate of drug-likeness (QED) is 0.429. The highest BCUT2D eigenvalue weighted by Gasteiger charge is 2.31. The van der Waals surface area contributed by atoms with Crippen molar-refractivity contribution in [3.63, 3.8) is 0 Å². The van der Waals surface area contributed by atoms with Crippen LogP contribution in [0.2, 0.25) is 0 Å². The first kappa shape index (κ1) is 16.7. The summed E-state index contributed by atoms with van der Waals surface area (Å²) in [7, 11) is 0. The van der Waals surface area contributed by atoms with E-state index in [4.69, 9.17) is 5.84 Å². The van der Waals surface area contributed by atoms with Crippen LogP contribution in [0.15, 0.2) is 0 Å². The van der Waals surface area contributed by atoms with Gasteiger partial charge >= 0.3 is 6.18 Å². The Morgan fingerprint density at radius 1 is 1.32 bits per heavy atom. The van der Waals surface area contributed by atoms with E-state index in [0.717, 1.165) is 12.8 Å². The summed E-state index contributed by atoms with van der Waals surface area (Å²) in [6.07, 6.45) is 2.12. The van der Waals surface area contributed by atoms with Crippen LogP contribution in [-0.2, 0) is 4.74 Å². The molecule has 0 aromatic rings. The Labute approximate surface area is 113 Å². The number of hydrazine groups is 1. The molecule has 0 amide bonds. The zero-order valence-corrected chi connectivity index (χ0v) is 11.5. The number of halogens is 3. The Kier molecular flexibility index (Phi) is 7.10. The SMILES string of the molecule is CCC1CCCCC1C(CCOCC(F)(F)F)NN. The smallest absolute Gasteiger partial charge is 0.372 e. The molecule has 0 aromatic heterocycles. The standard InChI is InChI=1S/C13H25F3N2O/c1-2-10-5-3-4-6-11(10)12(18-17)7-8-19-9-13(14,15)16/h10-12,18H,2-9,17H2,1H3. The van der Waals surface area contributed by atoms with Crippen LogP contribution >= 0.6 is 0 Å². The van der Waals surface area contributed by atoms with Gasteiger partial charge in [-0.15, -0.1) is 0 Å². The van der Waals surface area contributed by atoms with Crippen molar-refractivity contribution in [1.82, 2.24) is 5.43 Å². The van der Waals surface area contributed by atoms with Crippen molar-refractivity contribution in [2.24, 2.45) is 17.7 Å². The minimum absolute atomic E-state index is 0.0542. The Hall–Kier alpha value is -0.330. The van der Waals surface area contributed by atoms with Gasteiger partial charge in [-0.05, 0) is 24.7 Å². The maximum Gasteiger partial charge on any atom is 0.411 e. The number of nitrogens with two attached hydrogens (primary N) is 1. The maximum atomic E-state index is 12.0. The average molecular weight is 282 g/mol. The number of hydrogen-bond donors (Lipinski definition) is 2. The zero-order valence-electron chi connectivity index (χ0n) is 11.5. The Morgan fingerprint density at radius 2 is 2.00 bits per heavy atom. The van der Waals surface area contributed by atoms with Gasteiger partial charge in [0.15, 0.2) is 0 Å². The van der Waals surface area contributed by atoms with E-state index in [1.54, 1.807) is 0 Å². The molecule has 1 aliphatic carbocycles. The summed E-state index contributed by atoms with van der Waals surface area (Å²) in [4.78, 5) is 0. The summed E-state index contributed by atoms with van der Waals surface area (Å²) in [5.41, 5.74) is 2.77. The lowest BCUT2D eigenvalue weighted by Gasteiger charge is -2.36. The van der Waals surface area contributed by atoms with Gasteiger partial charge in [0, 0.05) is 12.6 Å². The number of hydrogen-bond acceptors (Lipinski definition) is 3. The molecule has 19 heavy (non-hydrogen) atoms. The van der Waals surface area contributed by atoms with E-state index in [1.165, 1.54) is 19.3 Å². The van der Waals surface area contributed by atoms with E-state index in [2.05, 4.69) is 17.1 Å². The van der Waals surface area contributed by atoms with Gasteiger partial charge in [0.25, 0.3) is 0 Å². The van der Waals surface area contributed by atoms with Crippen LogP contribution in [0.3, 0.4) is 0 Å². The Bertz CT molecular complexity index is 249. The molecule has 0 saturated heterocycles. The van der Waals surface area contributed by atoms with Crippen molar-refractivity contribution in [3.05, 3.63) is 0 Å². The summed E-state index contributed by atoms with van der Waals surface area (Å²) >= 11 is 0. The number of nitrogens with one attached hydrogen (secondary N) is 1. The lowest BCUT2D eigenvalue weighted by molar-refractivity contribution is -0.174. The molecule has 3 nitrogen and oxygen atoms in total. The van der Waals surface area contributed by atoms with Crippen LogP contribution in [0.1, 0.15) is 45.4 Å². The Balaban J connectivity index is 2.35. The highest BCUT2D eigenvalue weighted by Crippen LogP contribution is 2.35. The molecule has 0 aliphatic heterocycles. The molecule has 6 heteroatoms. The fraction of sp³-hybridized carbons (Fsp3) is 1.00. The average Bonchev–Trinajstić information content (AvgIpc) is 2.38.